The van der Waals surface area contributed by atoms with Crippen molar-refractivity contribution in [3.05, 3.63) is 65.5 Å². The molecular weight excluding hydrogens is 413 g/mol. The summed E-state index contributed by atoms with van der Waals surface area (Å²) >= 11 is 0. The number of carbonyl (C=O) groups excluding carboxylic acids is 3. The Labute approximate surface area is 186 Å². The molecule has 2 saturated heterocycles. The van der Waals surface area contributed by atoms with Gasteiger partial charge in [-0.25, -0.2) is 4.39 Å². The normalized spacial score (nSPS) is 18.8. The second kappa shape index (κ2) is 9.91. The highest BCUT2D eigenvalue weighted by atomic mass is 19.1. The lowest BCUT2D eigenvalue weighted by molar-refractivity contribution is -0.121. The number of nitrogens with zero attached hydrogens (tertiary/aromatic N) is 2. The molecule has 168 valence electrons. The van der Waals surface area contributed by atoms with Gasteiger partial charge in [0.15, 0.2) is 0 Å². The van der Waals surface area contributed by atoms with Gasteiger partial charge in [0.25, 0.3) is 11.8 Å². The molecule has 2 aromatic carbocycles. The van der Waals surface area contributed by atoms with Gasteiger partial charge in [-0.05, 0) is 55.3 Å². The van der Waals surface area contributed by atoms with E-state index < -0.39 is 5.82 Å². The lowest BCUT2D eigenvalue weighted by Gasteiger charge is -2.32. The molecule has 2 aliphatic rings. The number of benzene rings is 2. The lowest BCUT2D eigenvalue weighted by atomic mass is 9.96. The second-order valence-electron chi connectivity index (χ2n) is 8.07. The highest BCUT2D eigenvalue weighted by Crippen LogP contribution is 2.22. The molecule has 2 heterocycles. The molecule has 32 heavy (non-hydrogen) atoms. The largest absolute Gasteiger partial charge is 0.378 e. The minimum absolute atomic E-state index is 0.0851. The van der Waals surface area contributed by atoms with Crippen LogP contribution in [0.25, 0.3) is 0 Å². The number of nitrogens with one attached hydrogen (secondary N) is 1. The molecule has 3 amide bonds. The highest BCUT2D eigenvalue weighted by molar-refractivity contribution is 5.98. The van der Waals surface area contributed by atoms with E-state index in [9.17, 15) is 18.8 Å². The summed E-state index contributed by atoms with van der Waals surface area (Å²) in [7, 11) is 0. The van der Waals surface area contributed by atoms with Gasteiger partial charge in [-0.1, -0.05) is 6.07 Å². The molecule has 8 heteroatoms. The molecule has 0 radical (unpaired) electrons. The molecule has 2 fully saturated rings. The van der Waals surface area contributed by atoms with Crippen molar-refractivity contribution in [2.75, 3.05) is 44.7 Å². The number of halogens is 1. The second-order valence-corrected chi connectivity index (χ2v) is 8.07. The molecule has 0 saturated carbocycles. The van der Waals surface area contributed by atoms with Crippen molar-refractivity contribution in [1.29, 1.82) is 0 Å². The summed E-state index contributed by atoms with van der Waals surface area (Å²) < 4.78 is 18.4. The molecular formula is C24H26FN3O4. The number of likely N-dealkylation sites (tertiary alicyclic amines) is 1. The van der Waals surface area contributed by atoms with E-state index in [2.05, 4.69) is 5.32 Å². The molecule has 0 aliphatic carbocycles. The van der Waals surface area contributed by atoms with Crippen molar-refractivity contribution in [1.82, 2.24) is 9.80 Å². The molecule has 0 spiro atoms. The number of anilines is 1. The maximum atomic E-state index is 13.1. The third-order valence-electron chi connectivity index (χ3n) is 5.85. The van der Waals surface area contributed by atoms with Crippen molar-refractivity contribution in [2.24, 2.45) is 5.92 Å². The minimum atomic E-state index is -0.396. The van der Waals surface area contributed by atoms with Crippen LogP contribution in [0.3, 0.4) is 0 Å². The van der Waals surface area contributed by atoms with E-state index in [1.54, 1.807) is 34.1 Å². The van der Waals surface area contributed by atoms with Gasteiger partial charge in [0.2, 0.25) is 5.91 Å². The quantitative estimate of drug-likeness (QED) is 0.795. The molecule has 1 N–H and O–H groups in total. The van der Waals surface area contributed by atoms with Gasteiger partial charge in [-0.3, -0.25) is 14.4 Å². The Morgan fingerprint density at radius 3 is 2.38 bits per heavy atom. The number of piperidine rings is 1. The first-order valence-electron chi connectivity index (χ1n) is 10.8. The van der Waals surface area contributed by atoms with E-state index in [-0.39, 0.29) is 23.6 Å². The number of hydrogen-bond donors (Lipinski definition) is 1. The van der Waals surface area contributed by atoms with Crippen LogP contribution in [0.4, 0.5) is 10.1 Å². The Bertz CT molecular complexity index is 989. The zero-order chi connectivity index (χ0) is 22.5. The summed E-state index contributed by atoms with van der Waals surface area (Å²) in [6.45, 7) is 3.01. The Morgan fingerprint density at radius 2 is 1.62 bits per heavy atom. The fourth-order valence-electron chi connectivity index (χ4n) is 4.07. The Kier molecular flexibility index (Phi) is 6.80. The summed E-state index contributed by atoms with van der Waals surface area (Å²) in [5.41, 5.74) is 1.47. The monoisotopic (exact) mass is 439 g/mol. The van der Waals surface area contributed by atoms with Gasteiger partial charge < -0.3 is 19.9 Å². The van der Waals surface area contributed by atoms with Gasteiger partial charge in [0.1, 0.15) is 5.82 Å². The molecule has 0 bridgehead atoms. The van der Waals surface area contributed by atoms with E-state index in [0.717, 1.165) is 0 Å². The SMILES string of the molecule is O=C(Nc1cccc(C(=O)N2CCOCC2)c1)C1CCCN(C(=O)c2ccc(F)cc2)C1. The third-order valence-corrected chi connectivity index (χ3v) is 5.85. The van der Waals surface area contributed by atoms with Crippen LogP contribution < -0.4 is 5.32 Å². The zero-order valence-electron chi connectivity index (χ0n) is 17.8. The third kappa shape index (κ3) is 5.13. The first-order chi connectivity index (χ1) is 15.5. The van der Waals surface area contributed by atoms with Gasteiger partial charge in [0.05, 0.1) is 19.1 Å². The van der Waals surface area contributed by atoms with Crippen LogP contribution in [0.5, 0.6) is 0 Å². The Morgan fingerprint density at radius 1 is 0.906 bits per heavy atom. The summed E-state index contributed by atoms with van der Waals surface area (Å²) in [6, 6.07) is 12.3. The van der Waals surface area contributed by atoms with Gasteiger partial charge in [-0.15, -0.1) is 0 Å². The van der Waals surface area contributed by atoms with Crippen LogP contribution in [0.2, 0.25) is 0 Å². The average molecular weight is 439 g/mol. The standard InChI is InChI=1S/C24H26FN3O4/c25-20-8-6-17(7-9-20)23(30)28-10-2-4-19(16-28)22(29)26-21-5-1-3-18(15-21)24(31)27-11-13-32-14-12-27/h1,3,5-9,15,19H,2,4,10-14,16H2,(H,26,29). The molecule has 4 rings (SSSR count). The molecule has 0 aromatic heterocycles. The van der Waals surface area contributed by atoms with Crippen LogP contribution >= 0.6 is 0 Å². The molecule has 2 aliphatic heterocycles. The molecule has 2 aromatic rings. The number of rotatable bonds is 4. The Hall–Kier alpha value is -3.26. The first kappa shape index (κ1) is 22.0. The van der Waals surface area contributed by atoms with E-state index in [1.165, 1.54) is 24.3 Å². The average Bonchev–Trinajstić information content (AvgIpc) is 2.84. The van der Waals surface area contributed by atoms with Crippen molar-refractivity contribution >= 4 is 23.4 Å². The smallest absolute Gasteiger partial charge is 0.254 e. The Balaban J connectivity index is 1.38. The van der Waals surface area contributed by atoms with Gasteiger partial charge >= 0.3 is 0 Å². The van der Waals surface area contributed by atoms with Crippen LogP contribution in [0.1, 0.15) is 33.6 Å². The van der Waals surface area contributed by atoms with E-state index >= 15 is 0 Å². The predicted octanol–water partition coefficient (Wildman–Crippen LogP) is 2.79. The van der Waals surface area contributed by atoms with E-state index in [4.69, 9.17) is 4.74 Å². The predicted molar refractivity (Wildman–Crippen MR) is 117 cm³/mol. The summed E-state index contributed by atoms with van der Waals surface area (Å²) in [4.78, 5) is 41.7. The van der Waals surface area contributed by atoms with Gasteiger partial charge in [-0.2, -0.15) is 0 Å². The maximum absolute atomic E-state index is 13.1. The maximum Gasteiger partial charge on any atom is 0.254 e. The lowest BCUT2D eigenvalue weighted by Crippen LogP contribution is -2.43. The van der Waals surface area contributed by atoms with E-state index in [0.29, 0.717) is 69.0 Å². The van der Waals surface area contributed by atoms with Crippen molar-refractivity contribution in [3.8, 4) is 0 Å². The van der Waals surface area contributed by atoms with Crippen LogP contribution in [-0.2, 0) is 9.53 Å². The van der Waals surface area contributed by atoms with Gasteiger partial charge in [0, 0.05) is 43.0 Å². The topological polar surface area (TPSA) is 79.0 Å². The van der Waals surface area contributed by atoms with Crippen molar-refractivity contribution in [2.45, 2.75) is 12.8 Å². The van der Waals surface area contributed by atoms with E-state index in [1.807, 2.05) is 0 Å². The summed E-state index contributed by atoms with van der Waals surface area (Å²) in [5.74, 6) is -1.23. The fraction of sp³-hybridized carbons (Fsp3) is 0.375. The van der Waals surface area contributed by atoms with Crippen LogP contribution in [-0.4, -0.2) is 66.9 Å². The number of amides is 3. The zero-order valence-corrected chi connectivity index (χ0v) is 17.8. The van der Waals surface area contributed by atoms with Crippen LogP contribution in [0, 0.1) is 11.7 Å². The number of ether oxygens (including phenoxy) is 1. The van der Waals surface area contributed by atoms with Crippen molar-refractivity contribution < 1.29 is 23.5 Å². The van der Waals surface area contributed by atoms with Crippen molar-refractivity contribution in [3.63, 3.8) is 0 Å². The first-order valence-corrected chi connectivity index (χ1v) is 10.8. The number of carbonyl (C=O) groups is 3. The molecule has 1 unspecified atom stereocenters. The molecule has 7 nitrogen and oxygen atoms in total. The summed E-state index contributed by atoms with van der Waals surface area (Å²) in [5, 5.41) is 2.89. The number of hydrogen-bond acceptors (Lipinski definition) is 4. The summed E-state index contributed by atoms with van der Waals surface area (Å²) in [6.07, 6.45) is 1.38. The molecule has 1 atom stereocenters. The minimum Gasteiger partial charge on any atom is -0.378 e. The highest BCUT2D eigenvalue weighted by Gasteiger charge is 2.29. The van der Waals surface area contributed by atoms with Crippen LogP contribution in [0.15, 0.2) is 48.5 Å². The fourth-order valence-corrected chi connectivity index (χ4v) is 4.07. The number of morpholine rings is 1.